The highest BCUT2D eigenvalue weighted by Gasteiger charge is 2.27. The summed E-state index contributed by atoms with van der Waals surface area (Å²) in [6, 6.07) is 20.3. The summed E-state index contributed by atoms with van der Waals surface area (Å²) in [4.78, 5) is 26.3. The molecule has 0 saturated heterocycles. The third kappa shape index (κ3) is 5.50. The van der Waals surface area contributed by atoms with Gasteiger partial charge in [0.25, 0.3) is 0 Å². The van der Waals surface area contributed by atoms with Crippen LogP contribution in [-0.2, 0) is 10.5 Å². The lowest BCUT2D eigenvalue weighted by molar-refractivity contribution is 0.0523. The molecule has 2 aromatic carbocycles. The molecule has 0 aliphatic heterocycles. The number of thiazole rings is 1. The van der Waals surface area contributed by atoms with Gasteiger partial charge in [-0.3, -0.25) is 0 Å². The van der Waals surface area contributed by atoms with Gasteiger partial charge in [0.2, 0.25) is 0 Å². The minimum absolute atomic E-state index is 0.185. The van der Waals surface area contributed by atoms with Gasteiger partial charge in [-0.1, -0.05) is 71.9 Å². The van der Waals surface area contributed by atoms with Crippen LogP contribution in [0.1, 0.15) is 45.0 Å². The van der Waals surface area contributed by atoms with Crippen LogP contribution >= 0.6 is 23.1 Å². The Balaban J connectivity index is 1.68. The van der Waals surface area contributed by atoms with Crippen LogP contribution in [0, 0.1) is 18.3 Å². The fourth-order valence-electron chi connectivity index (χ4n) is 3.27. The van der Waals surface area contributed by atoms with Crippen molar-refractivity contribution in [2.45, 2.75) is 30.7 Å². The van der Waals surface area contributed by atoms with Crippen LogP contribution in [0.5, 0.6) is 0 Å². The number of aryl methyl sites for hydroxylation is 1. The first-order valence-corrected chi connectivity index (χ1v) is 12.6. The largest absolute Gasteiger partial charge is 0.462 e. The van der Waals surface area contributed by atoms with E-state index in [0.717, 1.165) is 22.4 Å². The number of thioether (sulfide) groups is 1. The Labute approximate surface area is 206 Å². The second kappa shape index (κ2) is 11.1. The normalized spacial score (nSPS) is 11.6. The molecule has 0 aliphatic carbocycles. The smallest absolute Gasteiger partial charge is 0.341 e. The first kappa shape index (κ1) is 23.6. The van der Waals surface area contributed by atoms with E-state index in [9.17, 15) is 10.1 Å². The Bertz CT molecular complexity index is 1310. The number of hydrogen-bond acceptors (Lipinski definition) is 8. The molecule has 0 aliphatic rings. The first-order valence-electron chi connectivity index (χ1n) is 10.7. The zero-order valence-corrected chi connectivity index (χ0v) is 20.4. The predicted octanol–water partition coefficient (Wildman–Crippen LogP) is 6.03. The van der Waals surface area contributed by atoms with Crippen molar-refractivity contribution >= 4 is 29.1 Å². The van der Waals surface area contributed by atoms with Gasteiger partial charge in [-0.25, -0.2) is 19.7 Å². The number of carbonyl (C=O) groups excluding carboxylic acids is 1. The van der Waals surface area contributed by atoms with Gasteiger partial charge in [0.1, 0.15) is 16.5 Å². The minimum atomic E-state index is -0.817. The third-order valence-electron chi connectivity index (χ3n) is 5.02. The van der Waals surface area contributed by atoms with E-state index in [1.54, 1.807) is 6.92 Å². The molecule has 0 amide bonds. The third-order valence-corrected chi connectivity index (χ3v) is 6.86. The van der Waals surface area contributed by atoms with Gasteiger partial charge in [-0.2, -0.15) is 5.26 Å². The molecule has 0 saturated carbocycles. The summed E-state index contributed by atoms with van der Waals surface area (Å²) in [7, 11) is 0. The highest BCUT2D eigenvalue weighted by atomic mass is 32.2. The molecule has 1 unspecified atom stereocenters. The Hall–Kier alpha value is -3.54. The highest BCUT2D eigenvalue weighted by Crippen LogP contribution is 2.32. The van der Waals surface area contributed by atoms with E-state index in [-0.39, 0.29) is 12.2 Å². The van der Waals surface area contributed by atoms with Crippen molar-refractivity contribution in [2.75, 3.05) is 6.61 Å². The number of nitrogens with zero attached hydrogens (tertiary/aromatic N) is 4. The molecule has 0 N–H and O–H groups in total. The van der Waals surface area contributed by atoms with E-state index >= 15 is 0 Å². The van der Waals surface area contributed by atoms with Crippen LogP contribution in [0.3, 0.4) is 0 Å². The standard InChI is InChI=1S/C26H22N4O2S2/c1-3-32-25(31)21-14-28-26(34-15-18-7-5-4-6-8-18)30-23(21)20(13-27)24-29-22(16-33-24)19-11-9-17(2)10-12-19/h4-12,14,16,20H,3,15H2,1-2H3. The molecule has 170 valence electrons. The van der Waals surface area contributed by atoms with Crippen molar-refractivity contribution in [3.63, 3.8) is 0 Å². The van der Waals surface area contributed by atoms with E-state index in [0.29, 0.717) is 21.6 Å². The fraction of sp³-hybridized carbons (Fsp3) is 0.192. The van der Waals surface area contributed by atoms with E-state index in [1.165, 1.54) is 29.3 Å². The average molecular weight is 487 g/mol. The van der Waals surface area contributed by atoms with Gasteiger partial charge in [0.05, 0.1) is 24.1 Å². The zero-order valence-electron chi connectivity index (χ0n) is 18.8. The van der Waals surface area contributed by atoms with Crippen LogP contribution in [0.25, 0.3) is 11.3 Å². The summed E-state index contributed by atoms with van der Waals surface area (Å²) < 4.78 is 5.20. The molecule has 2 aromatic heterocycles. The molecule has 34 heavy (non-hydrogen) atoms. The SMILES string of the molecule is CCOC(=O)c1cnc(SCc2ccccc2)nc1C(C#N)c1nc(-c2ccc(C)cc2)cs1. The number of esters is 1. The highest BCUT2D eigenvalue weighted by molar-refractivity contribution is 7.98. The monoisotopic (exact) mass is 486 g/mol. The van der Waals surface area contributed by atoms with Crippen LogP contribution in [-0.4, -0.2) is 27.5 Å². The molecule has 0 bridgehead atoms. The van der Waals surface area contributed by atoms with Crippen molar-refractivity contribution in [1.82, 2.24) is 15.0 Å². The summed E-state index contributed by atoms with van der Waals surface area (Å²) in [5.74, 6) is -0.694. The summed E-state index contributed by atoms with van der Waals surface area (Å²) in [6.45, 7) is 3.98. The maximum absolute atomic E-state index is 12.6. The quantitative estimate of drug-likeness (QED) is 0.171. The molecule has 6 nitrogen and oxygen atoms in total. The maximum atomic E-state index is 12.6. The Morgan fingerprint density at radius 1 is 1.15 bits per heavy atom. The molecule has 4 rings (SSSR count). The van der Waals surface area contributed by atoms with Gasteiger partial charge in [-0.15, -0.1) is 11.3 Å². The molecule has 0 fully saturated rings. The summed E-state index contributed by atoms with van der Waals surface area (Å²) in [5.41, 5.74) is 4.55. The Kier molecular flexibility index (Phi) is 7.68. The molecular formula is C26H22N4O2S2. The number of carbonyl (C=O) groups is 1. The predicted molar refractivity (Wildman–Crippen MR) is 134 cm³/mol. The van der Waals surface area contributed by atoms with E-state index in [1.807, 2.05) is 66.9 Å². The average Bonchev–Trinajstić information content (AvgIpc) is 3.34. The molecule has 2 heterocycles. The van der Waals surface area contributed by atoms with Gasteiger partial charge >= 0.3 is 5.97 Å². The first-order chi connectivity index (χ1) is 16.6. The van der Waals surface area contributed by atoms with Crippen molar-refractivity contribution < 1.29 is 9.53 Å². The minimum Gasteiger partial charge on any atom is -0.462 e. The Morgan fingerprint density at radius 2 is 1.91 bits per heavy atom. The van der Waals surface area contributed by atoms with E-state index < -0.39 is 11.9 Å². The second-order valence-electron chi connectivity index (χ2n) is 7.45. The number of hydrogen-bond donors (Lipinski definition) is 0. The molecule has 0 radical (unpaired) electrons. The molecule has 4 aromatic rings. The molecular weight excluding hydrogens is 464 g/mol. The lowest BCUT2D eigenvalue weighted by atomic mass is 10.0. The maximum Gasteiger partial charge on any atom is 0.341 e. The fourth-order valence-corrected chi connectivity index (χ4v) is 4.92. The van der Waals surface area contributed by atoms with Crippen LogP contribution < -0.4 is 0 Å². The lowest BCUT2D eigenvalue weighted by Gasteiger charge is -2.12. The van der Waals surface area contributed by atoms with E-state index in [4.69, 9.17) is 9.72 Å². The van der Waals surface area contributed by atoms with Gasteiger partial charge in [0, 0.05) is 22.9 Å². The summed E-state index contributed by atoms with van der Waals surface area (Å²) >= 11 is 2.82. The topological polar surface area (TPSA) is 88.8 Å². The summed E-state index contributed by atoms with van der Waals surface area (Å²) in [6.07, 6.45) is 1.45. The number of nitriles is 1. The van der Waals surface area contributed by atoms with Crippen LogP contribution in [0.2, 0.25) is 0 Å². The van der Waals surface area contributed by atoms with Crippen molar-refractivity contribution in [2.24, 2.45) is 0 Å². The van der Waals surface area contributed by atoms with Crippen molar-refractivity contribution in [3.8, 4) is 17.3 Å². The number of benzene rings is 2. The number of rotatable bonds is 8. The van der Waals surface area contributed by atoms with E-state index in [2.05, 4.69) is 16.0 Å². The molecule has 1 atom stereocenters. The van der Waals surface area contributed by atoms with Gasteiger partial charge in [0.15, 0.2) is 5.16 Å². The number of ether oxygens (including phenoxy) is 1. The van der Waals surface area contributed by atoms with Crippen molar-refractivity contribution in [1.29, 1.82) is 5.26 Å². The van der Waals surface area contributed by atoms with Gasteiger partial charge < -0.3 is 4.74 Å². The lowest BCUT2D eigenvalue weighted by Crippen LogP contribution is -2.14. The second-order valence-corrected chi connectivity index (χ2v) is 9.28. The van der Waals surface area contributed by atoms with Crippen molar-refractivity contribution in [3.05, 3.63) is 93.6 Å². The summed E-state index contributed by atoms with van der Waals surface area (Å²) in [5, 5.41) is 13.1. The van der Waals surface area contributed by atoms with Crippen LogP contribution in [0.15, 0.2) is 71.3 Å². The number of aromatic nitrogens is 3. The molecule has 0 spiro atoms. The zero-order chi connectivity index (χ0) is 23.9. The Morgan fingerprint density at radius 3 is 2.62 bits per heavy atom. The van der Waals surface area contributed by atoms with Gasteiger partial charge in [-0.05, 0) is 19.4 Å². The van der Waals surface area contributed by atoms with Crippen LogP contribution in [0.4, 0.5) is 0 Å². The molecule has 8 heteroatoms.